The first-order chi connectivity index (χ1) is 13.9. The van der Waals surface area contributed by atoms with Crippen LogP contribution in [0.4, 0.5) is 13.2 Å². The van der Waals surface area contributed by atoms with Crippen molar-refractivity contribution >= 4 is 28.5 Å². The number of ether oxygens (including phenoxy) is 1. The van der Waals surface area contributed by atoms with Gasteiger partial charge >= 0.3 is 6.18 Å². The highest BCUT2D eigenvalue weighted by atomic mass is 19.4. The summed E-state index contributed by atoms with van der Waals surface area (Å²) in [6.45, 7) is 0. The van der Waals surface area contributed by atoms with Crippen LogP contribution in [0.25, 0.3) is 16.8 Å². The molecule has 1 saturated heterocycles. The van der Waals surface area contributed by atoms with Gasteiger partial charge in [0.15, 0.2) is 5.76 Å². The lowest BCUT2D eigenvalue weighted by Crippen LogP contribution is -2.14. The molecule has 0 bridgehead atoms. The van der Waals surface area contributed by atoms with Gasteiger partial charge in [-0.25, -0.2) is 0 Å². The summed E-state index contributed by atoms with van der Waals surface area (Å²) in [6, 6.07) is 18.1. The van der Waals surface area contributed by atoms with Crippen LogP contribution in [0.1, 0.15) is 22.6 Å². The number of halogens is 3. The molecule has 29 heavy (non-hydrogen) atoms. The molecule has 6 heteroatoms. The second-order valence-electron chi connectivity index (χ2n) is 6.66. The predicted molar refractivity (Wildman–Crippen MR) is 106 cm³/mol. The lowest BCUT2D eigenvalue weighted by atomic mass is 9.93. The number of hydrogen-bond acceptors (Lipinski definition) is 3. The van der Waals surface area contributed by atoms with Crippen LogP contribution in [0.5, 0.6) is 0 Å². The number of Topliss-reactive ketones (excluding diaryl/α,β-unsaturated/α-hetero) is 1. The molecule has 0 spiro atoms. The van der Waals surface area contributed by atoms with Gasteiger partial charge in [0.2, 0.25) is 11.7 Å². The molecular formula is C23H16F3NO2. The fraction of sp³-hybridized carbons (Fsp3) is 0.130. The van der Waals surface area contributed by atoms with Gasteiger partial charge in [-0.1, -0.05) is 60.7 Å². The largest absolute Gasteiger partial charge is 0.438 e. The second kappa shape index (κ2) is 7.20. The number of benzene rings is 3. The summed E-state index contributed by atoms with van der Waals surface area (Å²) in [5.41, 5.74) is 0.170. The van der Waals surface area contributed by atoms with Crippen LogP contribution in [-0.2, 0) is 15.7 Å². The number of nitrogens with zero attached hydrogens (tertiary/aromatic N) is 1. The number of ketones is 1. The highest BCUT2D eigenvalue weighted by Crippen LogP contribution is 2.36. The average molecular weight is 395 g/mol. The molecule has 1 atom stereocenters. The van der Waals surface area contributed by atoms with Crippen molar-refractivity contribution < 1.29 is 22.7 Å². The molecule has 1 aliphatic rings. The molecule has 1 unspecified atom stereocenters. The van der Waals surface area contributed by atoms with Crippen LogP contribution >= 0.6 is 0 Å². The Morgan fingerprint density at radius 1 is 1.00 bits per heavy atom. The molecule has 3 aromatic rings. The molecule has 0 radical (unpaired) electrons. The molecule has 3 aromatic carbocycles. The monoisotopic (exact) mass is 395 g/mol. The summed E-state index contributed by atoms with van der Waals surface area (Å²) >= 11 is 0. The van der Waals surface area contributed by atoms with Gasteiger partial charge in [-0.15, -0.1) is 0 Å². The maximum atomic E-state index is 13.1. The summed E-state index contributed by atoms with van der Waals surface area (Å²) in [5.74, 6) is -1.27. The van der Waals surface area contributed by atoms with Crippen LogP contribution in [0.3, 0.4) is 0 Å². The Balaban J connectivity index is 1.76. The third-order valence-corrected chi connectivity index (χ3v) is 4.84. The van der Waals surface area contributed by atoms with E-state index in [-0.39, 0.29) is 17.2 Å². The van der Waals surface area contributed by atoms with Crippen LogP contribution in [0.2, 0.25) is 0 Å². The number of rotatable bonds is 2. The molecule has 0 N–H and O–H groups in total. The maximum Gasteiger partial charge on any atom is 0.416 e. The minimum atomic E-state index is -4.50. The zero-order valence-electron chi connectivity index (χ0n) is 15.4. The molecule has 4 rings (SSSR count). The Labute approximate surface area is 165 Å². The van der Waals surface area contributed by atoms with Gasteiger partial charge in [-0.2, -0.15) is 13.2 Å². The van der Waals surface area contributed by atoms with Crippen molar-refractivity contribution in [3.63, 3.8) is 0 Å². The molecule has 3 nitrogen and oxygen atoms in total. The first-order valence-corrected chi connectivity index (χ1v) is 8.94. The first kappa shape index (κ1) is 18.9. The summed E-state index contributed by atoms with van der Waals surface area (Å²) < 4.78 is 44.9. The summed E-state index contributed by atoms with van der Waals surface area (Å²) in [6.07, 6.45) is -2.88. The number of alkyl halides is 3. The number of hydrogen-bond donors (Lipinski definition) is 0. The number of aliphatic imine (C=N–C) groups is 1. The highest BCUT2D eigenvalue weighted by molar-refractivity contribution is 6.21. The SMILES string of the molecule is CN=C1OC(=Cc2cccc3ccccc23)C(=O)C1c1cccc(C(F)(F)F)c1. The van der Waals surface area contributed by atoms with E-state index >= 15 is 0 Å². The Morgan fingerprint density at radius 2 is 1.72 bits per heavy atom. The van der Waals surface area contributed by atoms with Crippen molar-refractivity contribution in [2.45, 2.75) is 12.1 Å². The molecule has 0 amide bonds. The van der Waals surface area contributed by atoms with E-state index in [2.05, 4.69) is 4.99 Å². The average Bonchev–Trinajstić information content (AvgIpc) is 3.03. The van der Waals surface area contributed by atoms with Gasteiger partial charge < -0.3 is 4.74 Å². The van der Waals surface area contributed by atoms with E-state index in [9.17, 15) is 18.0 Å². The summed E-state index contributed by atoms with van der Waals surface area (Å²) in [7, 11) is 1.45. The molecule has 1 fully saturated rings. The van der Waals surface area contributed by atoms with Gasteiger partial charge in [-0.05, 0) is 34.0 Å². The smallest absolute Gasteiger partial charge is 0.416 e. The lowest BCUT2D eigenvalue weighted by Gasteiger charge is -2.11. The van der Waals surface area contributed by atoms with Gasteiger partial charge in [0.1, 0.15) is 5.92 Å². The van der Waals surface area contributed by atoms with Crippen LogP contribution < -0.4 is 0 Å². The number of carbonyl (C=O) groups excluding carboxylic acids is 1. The lowest BCUT2D eigenvalue weighted by molar-refractivity contribution is -0.137. The Bertz CT molecular complexity index is 1160. The first-order valence-electron chi connectivity index (χ1n) is 8.94. The van der Waals surface area contributed by atoms with Gasteiger partial charge in [0, 0.05) is 7.05 Å². The third kappa shape index (κ3) is 3.53. The molecule has 0 aliphatic carbocycles. The van der Waals surface area contributed by atoms with Crippen molar-refractivity contribution in [3.05, 3.63) is 89.2 Å². The minimum Gasteiger partial charge on any atom is -0.438 e. The van der Waals surface area contributed by atoms with Crippen molar-refractivity contribution in [2.24, 2.45) is 4.99 Å². The minimum absolute atomic E-state index is 0.0596. The van der Waals surface area contributed by atoms with E-state index < -0.39 is 23.4 Å². The predicted octanol–water partition coefficient (Wildman–Crippen LogP) is 5.61. The standard InChI is InChI=1S/C23H16F3NO2/c1-27-22-20(16-9-5-10-17(12-16)23(24,25)26)21(28)19(29-22)13-15-8-4-7-14-6-2-3-11-18(14)15/h2-13,20H,1H3. The van der Waals surface area contributed by atoms with Crippen LogP contribution in [0.15, 0.2) is 77.5 Å². The number of carbonyl (C=O) groups is 1. The van der Waals surface area contributed by atoms with Gasteiger partial charge in [0.05, 0.1) is 5.56 Å². The van der Waals surface area contributed by atoms with E-state index in [0.29, 0.717) is 0 Å². The fourth-order valence-electron chi connectivity index (χ4n) is 3.46. The Morgan fingerprint density at radius 3 is 2.48 bits per heavy atom. The topological polar surface area (TPSA) is 38.7 Å². The van der Waals surface area contributed by atoms with E-state index in [1.165, 1.54) is 19.2 Å². The third-order valence-electron chi connectivity index (χ3n) is 4.84. The van der Waals surface area contributed by atoms with E-state index in [4.69, 9.17) is 4.74 Å². The second-order valence-corrected chi connectivity index (χ2v) is 6.66. The Kier molecular flexibility index (Phi) is 4.70. The van der Waals surface area contributed by atoms with Gasteiger partial charge in [-0.3, -0.25) is 9.79 Å². The van der Waals surface area contributed by atoms with Crippen molar-refractivity contribution in [1.29, 1.82) is 0 Å². The van der Waals surface area contributed by atoms with Crippen LogP contribution in [0, 0.1) is 0 Å². The molecule has 1 aliphatic heterocycles. The zero-order valence-corrected chi connectivity index (χ0v) is 15.4. The molecule has 1 heterocycles. The van der Waals surface area contributed by atoms with Crippen molar-refractivity contribution in [3.8, 4) is 0 Å². The summed E-state index contributed by atoms with van der Waals surface area (Å²) in [5, 5.41) is 1.95. The summed E-state index contributed by atoms with van der Waals surface area (Å²) in [4.78, 5) is 17.0. The molecule has 0 saturated carbocycles. The maximum absolute atomic E-state index is 13.1. The number of fused-ring (bicyclic) bond motifs is 1. The van der Waals surface area contributed by atoms with Crippen LogP contribution in [-0.4, -0.2) is 18.7 Å². The molecule has 0 aromatic heterocycles. The highest BCUT2D eigenvalue weighted by Gasteiger charge is 2.40. The van der Waals surface area contributed by atoms with E-state index in [0.717, 1.165) is 28.5 Å². The van der Waals surface area contributed by atoms with Gasteiger partial charge in [0.25, 0.3) is 0 Å². The fourth-order valence-corrected chi connectivity index (χ4v) is 3.46. The van der Waals surface area contributed by atoms with Crippen molar-refractivity contribution in [1.82, 2.24) is 0 Å². The quantitative estimate of drug-likeness (QED) is 0.529. The molecule has 146 valence electrons. The molecular weight excluding hydrogens is 379 g/mol. The van der Waals surface area contributed by atoms with E-state index in [1.54, 1.807) is 6.08 Å². The zero-order chi connectivity index (χ0) is 20.6. The Hall–Kier alpha value is -3.41. The number of allylic oxidation sites excluding steroid dienone is 1. The van der Waals surface area contributed by atoms with Crippen molar-refractivity contribution in [2.75, 3.05) is 7.05 Å². The normalized spacial score (nSPS) is 19.9. The van der Waals surface area contributed by atoms with E-state index in [1.807, 2.05) is 42.5 Å².